The molecule has 0 radical (unpaired) electrons. The van der Waals surface area contributed by atoms with E-state index in [4.69, 9.17) is 0 Å². The molecule has 0 saturated carbocycles. The van der Waals surface area contributed by atoms with Crippen molar-refractivity contribution in [2.24, 2.45) is 0 Å². The molecule has 1 atom stereocenters. The molecule has 0 N–H and O–H groups in total. The molecule has 0 aromatic carbocycles. The fourth-order valence-electron chi connectivity index (χ4n) is 3.54. The molecule has 4 nitrogen and oxygen atoms in total. The van der Waals surface area contributed by atoms with Crippen LogP contribution in [-0.4, -0.2) is 28.3 Å². The average Bonchev–Trinajstić information content (AvgIpc) is 2.72. The number of ketones is 1. The summed E-state index contributed by atoms with van der Waals surface area (Å²) in [4.78, 5) is 23.2. The number of hydrogen-bond acceptors (Lipinski definition) is 4. The van der Waals surface area contributed by atoms with E-state index in [0.29, 0.717) is 0 Å². The lowest BCUT2D eigenvalue weighted by atomic mass is 9.97. The first-order valence-corrected chi connectivity index (χ1v) is 7.87. The first kappa shape index (κ1) is 13.5. The minimum Gasteiger partial charge on any atom is -0.346 e. The first-order chi connectivity index (χ1) is 9.77. The Morgan fingerprint density at radius 2 is 2.00 bits per heavy atom. The van der Waals surface area contributed by atoms with Crippen LogP contribution in [0.1, 0.15) is 56.7 Å². The average molecular weight is 273 g/mol. The van der Waals surface area contributed by atoms with Gasteiger partial charge in [0.15, 0.2) is 5.78 Å². The zero-order valence-electron chi connectivity index (χ0n) is 12.3. The standard InChI is InChI=1S/C16H23N3O/c1-12(20)15-9-5-6-10-19(15)16-13-7-3-2-4-8-14(13)17-11-18-16/h11,15H,2-10H2,1H3. The molecular formula is C16H23N3O. The Labute approximate surface area is 120 Å². The monoisotopic (exact) mass is 273 g/mol. The number of piperidine rings is 1. The number of aromatic nitrogens is 2. The molecule has 2 aliphatic rings. The van der Waals surface area contributed by atoms with Crippen molar-refractivity contribution < 1.29 is 4.79 Å². The van der Waals surface area contributed by atoms with Crippen molar-refractivity contribution >= 4 is 11.6 Å². The number of nitrogens with zero attached hydrogens (tertiary/aromatic N) is 3. The predicted molar refractivity (Wildman–Crippen MR) is 79.0 cm³/mol. The molecule has 1 aromatic heterocycles. The van der Waals surface area contributed by atoms with Gasteiger partial charge in [0, 0.05) is 17.8 Å². The van der Waals surface area contributed by atoms with Gasteiger partial charge < -0.3 is 4.90 Å². The van der Waals surface area contributed by atoms with Gasteiger partial charge in [-0.2, -0.15) is 0 Å². The SMILES string of the molecule is CC(=O)C1CCCCN1c1ncnc2c1CCCCC2. The third-order valence-electron chi connectivity index (χ3n) is 4.60. The molecular weight excluding hydrogens is 250 g/mol. The van der Waals surface area contributed by atoms with E-state index in [1.54, 1.807) is 13.3 Å². The Balaban J connectivity index is 1.98. The Bertz CT molecular complexity index is 500. The lowest BCUT2D eigenvalue weighted by Crippen LogP contribution is -2.45. The molecule has 108 valence electrons. The number of Topliss-reactive ketones (excluding diaryl/α,β-unsaturated/α-hetero) is 1. The molecule has 20 heavy (non-hydrogen) atoms. The van der Waals surface area contributed by atoms with Crippen LogP contribution in [0, 0.1) is 0 Å². The summed E-state index contributed by atoms with van der Waals surface area (Å²) in [5.41, 5.74) is 2.51. The highest BCUT2D eigenvalue weighted by Crippen LogP contribution is 2.30. The van der Waals surface area contributed by atoms with Crippen LogP contribution in [0.3, 0.4) is 0 Å². The summed E-state index contributed by atoms with van der Waals surface area (Å²) in [6.45, 7) is 2.66. The maximum atomic E-state index is 11.9. The molecule has 1 aliphatic carbocycles. The number of carbonyl (C=O) groups is 1. The molecule has 1 unspecified atom stereocenters. The van der Waals surface area contributed by atoms with Gasteiger partial charge in [0.2, 0.25) is 0 Å². The summed E-state index contributed by atoms with van der Waals surface area (Å²) >= 11 is 0. The second-order valence-corrected chi connectivity index (χ2v) is 6.00. The summed E-state index contributed by atoms with van der Waals surface area (Å²) in [5, 5.41) is 0. The van der Waals surface area contributed by atoms with Crippen molar-refractivity contribution in [3.63, 3.8) is 0 Å². The highest BCUT2D eigenvalue weighted by atomic mass is 16.1. The van der Waals surface area contributed by atoms with Crippen LogP contribution >= 0.6 is 0 Å². The van der Waals surface area contributed by atoms with Crippen molar-refractivity contribution in [1.29, 1.82) is 0 Å². The number of rotatable bonds is 2. The number of aryl methyl sites for hydroxylation is 1. The van der Waals surface area contributed by atoms with Crippen molar-refractivity contribution in [3.8, 4) is 0 Å². The van der Waals surface area contributed by atoms with Gasteiger partial charge in [-0.15, -0.1) is 0 Å². The molecule has 3 rings (SSSR count). The molecule has 4 heteroatoms. The Kier molecular flexibility index (Phi) is 3.99. The summed E-state index contributed by atoms with van der Waals surface area (Å²) in [6.07, 6.45) is 10.8. The van der Waals surface area contributed by atoms with Crippen molar-refractivity contribution in [1.82, 2.24) is 9.97 Å². The van der Waals surface area contributed by atoms with Crippen LogP contribution in [0.15, 0.2) is 6.33 Å². The smallest absolute Gasteiger partial charge is 0.152 e. The molecule has 0 amide bonds. The van der Waals surface area contributed by atoms with E-state index in [1.807, 2.05) is 0 Å². The van der Waals surface area contributed by atoms with Gasteiger partial charge in [0.1, 0.15) is 12.1 Å². The number of carbonyl (C=O) groups excluding carboxylic acids is 1. The lowest BCUT2D eigenvalue weighted by molar-refractivity contribution is -0.118. The van der Waals surface area contributed by atoms with E-state index in [1.165, 1.54) is 30.5 Å². The van der Waals surface area contributed by atoms with Crippen molar-refractivity contribution in [2.75, 3.05) is 11.4 Å². The van der Waals surface area contributed by atoms with Crippen LogP contribution in [-0.2, 0) is 17.6 Å². The highest BCUT2D eigenvalue weighted by molar-refractivity contribution is 5.85. The Morgan fingerprint density at radius 3 is 2.85 bits per heavy atom. The topological polar surface area (TPSA) is 46.1 Å². The van der Waals surface area contributed by atoms with E-state index in [2.05, 4.69) is 14.9 Å². The van der Waals surface area contributed by atoms with Crippen LogP contribution in [0.4, 0.5) is 5.82 Å². The van der Waals surface area contributed by atoms with Gasteiger partial charge in [-0.1, -0.05) is 6.42 Å². The van der Waals surface area contributed by atoms with Crippen molar-refractivity contribution in [3.05, 3.63) is 17.6 Å². The molecule has 2 heterocycles. The van der Waals surface area contributed by atoms with Crippen LogP contribution in [0.25, 0.3) is 0 Å². The highest BCUT2D eigenvalue weighted by Gasteiger charge is 2.29. The van der Waals surface area contributed by atoms with E-state index in [9.17, 15) is 4.79 Å². The molecule has 1 aromatic rings. The van der Waals surface area contributed by atoms with Gasteiger partial charge in [-0.25, -0.2) is 9.97 Å². The van der Waals surface area contributed by atoms with Gasteiger partial charge in [0.05, 0.1) is 6.04 Å². The fourth-order valence-corrected chi connectivity index (χ4v) is 3.54. The van der Waals surface area contributed by atoms with Crippen LogP contribution in [0.5, 0.6) is 0 Å². The fraction of sp³-hybridized carbons (Fsp3) is 0.688. The minimum absolute atomic E-state index is 0.0194. The first-order valence-electron chi connectivity index (χ1n) is 7.87. The zero-order valence-corrected chi connectivity index (χ0v) is 12.3. The van der Waals surface area contributed by atoms with Crippen molar-refractivity contribution in [2.45, 2.75) is 64.3 Å². The number of hydrogen-bond donors (Lipinski definition) is 0. The van der Waals surface area contributed by atoms with Gasteiger partial charge in [-0.3, -0.25) is 4.79 Å². The molecule has 1 aliphatic heterocycles. The Morgan fingerprint density at radius 1 is 1.15 bits per heavy atom. The normalized spacial score (nSPS) is 23.1. The second-order valence-electron chi connectivity index (χ2n) is 6.00. The van der Waals surface area contributed by atoms with Crippen LogP contribution < -0.4 is 4.90 Å². The maximum Gasteiger partial charge on any atom is 0.152 e. The number of anilines is 1. The molecule has 0 spiro atoms. The summed E-state index contributed by atoms with van der Waals surface area (Å²) in [6, 6.07) is 0.0194. The van der Waals surface area contributed by atoms with Crippen LogP contribution in [0.2, 0.25) is 0 Å². The largest absolute Gasteiger partial charge is 0.346 e. The summed E-state index contributed by atoms with van der Waals surface area (Å²) in [7, 11) is 0. The molecule has 1 saturated heterocycles. The second kappa shape index (κ2) is 5.90. The quantitative estimate of drug-likeness (QED) is 0.777. The maximum absolute atomic E-state index is 11.9. The third-order valence-corrected chi connectivity index (χ3v) is 4.60. The summed E-state index contributed by atoms with van der Waals surface area (Å²) < 4.78 is 0. The van der Waals surface area contributed by atoms with E-state index in [0.717, 1.165) is 44.5 Å². The Hall–Kier alpha value is -1.45. The van der Waals surface area contributed by atoms with Gasteiger partial charge in [0.25, 0.3) is 0 Å². The molecule has 1 fully saturated rings. The van der Waals surface area contributed by atoms with Gasteiger partial charge >= 0.3 is 0 Å². The predicted octanol–water partition coefficient (Wildman–Crippen LogP) is 2.69. The zero-order chi connectivity index (χ0) is 13.9. The molecule has 0 bridgehead atoms. The minimum atomic E-state index is 0.0194. The van der Waals surface area contributed by atoms with E-state index < -0.39 is 0 Å². The number of fused-ring (bicyclic) bond motifs is 1. The van der Waals surface area contributed by atoms with E-state index in [-0.39, 0.29) is 11.8 Å². The van der Waals surface area contributed by atoms with Gasteiger partial charge in [-0.05, 0) is 51.9 Å². The summed E-state index contributed by atoms with van der Waals surface area (Å²) in [5.74, 6) is 1.31. The van der Waals surface area contributed by atoms with E-state index >= 15 is 0 Å². The third kappa shape index (κ3) is 2.56. The lowest BCUT2D eigenvalue weighted by Gasteiger charge is -2.36.